The Hall–Kier alpha value is -0.420. The van der Waals surface area contributed by atoms with Crippen LogP contribution in [0.15, 0.2) is 17.5 Å². The molecule has 1 aromatic heterocycles. The highest BCUT2D eigenvalue weighted by atomic mass is 32.1. The molecule has 1 saturated carbocycles. The number of thiophene rings is 1. The molecule has 0 radical (unpaired) electrons. The lowest BCUT2D eigenvalue weighted by atomic mass is 10.0. The maximum Gasteiger partial charge on any atom is 0.0623 e. The number of nitrogens with zero attached hydrogens (tertiary/aromatic N) is 1. The van der Waals surface area contributed by atoms with Crippen LogP contribution < -0.4 is 5.32 Å². The van der Waals surface area contributed by atoms with E-state index in [1.807, 2.05) is 11.3 Å². The number of nitrogens with one attached hydrogen (secondary N) is 1. The minimum atomic E-state index is 0.551. The summed E-state index contributed by atoms with van der Waals surface area (Å²) in [6.45, 7) is 7.33. The van der Waals surface area contributed by atoms with Crippen LogP contribution in [0.5, 0.6) is 0 Å². The number of hydrogen-bond donors (Lipinski definition) is 1. The van der Waals surface area contributed by atoms with E-state index >= 15 is 0 Å². The lowest BCUT2D eigenvalue weighted by Crippen LogP contribution is -2.42. The van der Waals surface area contributed by atoms with Crippen LogP contribution in [0.1, 0.15) is 24.6 Å². The van der Waals surface area contributed by atoms with Crippen LogP contribution in [-0.2, 0) is 11.3 Å². The van der Waals surface area contributed by atoms with Crippen molar-refractivity contribution in [3.63, 3.8) is 0 Å². The minimum absolute atomic E-state index is 0.551. The Labute approximate surface area is 119 Å². The van der Waals surface area contributed by atoms with Crippen LogP contribution in [-0.4, -0.2) is 43.3 Å². The van der Waals surface area contributed by atoms with Gasteiger partial charge in [-0.1, -0.05) is 13.0 Å². The van der Waals surface area contributed by atoms with E-state index in [4.69, 9.17) is 4.74 Å². The highest BCUT2D eigenvalue weighted by Crippen LogP contribution is 2.31. The Morgan fingerprint density at radius 3 is 3.00 bits per heavy atom. The van der Waals surface area contributed by atoms with Gasteiger partial charge in [-0.15, -0.1) is 11.3 Å². The molecule has 2 unspecified atom stereocenters. The van der Waals surface area contributed by atoms with Gasteiger partial charge in [0.15, 0.2) is 0 Å². The second-order valence-corrected chi connectivity index (χ2v) is 6.73. The second kappa shape index (κ2) is 6.35. The van der Waals surface area contributed by atoms with Gasteiger partial charge in [0.1, 0.15) is 0 Å². The lowest BCUT2D eigenvalue weighted by Gasteiger charge is -2.27. The van der Waals surface area contributed by atoms with E-state index in [1.54, 1.807) is 0 Å². The van der Waals surface area contributed by atoms with Crippen LogP contribution in [0.2, 0.25) is 0 Å². The molecule has 2 heterocycles. The van der Waals surface area contributed by atoms with Crippen molar-refractivity contribution < 1.29 is 4.74 Å². The maximum atomic E-state index is 5.67. The van der Waals surface area contributed by atoms with Crippen molar-refractivity contribution in [2.24, 2.45) is 5.92 Å². The third-order valence-corrected chi connectivity index (χ3v) is 5.00. The van der Waals surface area contributed by atoms with Crippen LogP contribution in [0.4, 0.5) is 0 Å². The first-order chi connectivity index (χ1) is 9.36. The summed E-state index contributed by atoms with van der Waals surface area (Å²) in [5, 5.41) is 5.75. The van der Waals surface area contributed by atoms with Gasteiger partial charge in [0, 0.05) is 36.0 Å². The minimum Gasteiger partial charge on any atom is -0.379 e. The Morgan fingerprint density at radius 1 is 1.42 bits per heavy atom. The third kappa shape index (κ3) is 3.57. The molecular weight excluding hydrogens is 256 g/mol. The molecule has 3 rings (SSSR count). The van der Waals surface area contributed by atoms with Gasteiger partial charge in [-0.25, -0.2) is 0 Å². The van der Waals surface area contributed by atoms with E-state index in [2.05, 4.69) is 34.7 Å². The fourth-order valence-corrected chi connectivity index (χ4v) is 3.68. The number of likely N-dealkylation sites (N-methyl/N-ethyl adjacent to an activating group) is 1. The number of ether oxygens (including phenoxy) is 1. The molecule has 2 fully saturated rings. The van der Waals surface area contributed by atoms with Crippen molar-refractivity contribution in [3.8, 4) is 0 Å². The lowest BCUT2D eigenvalue weighted by molar-refractivity contribution is 0.162. The van der Waals surface area contributed by atoms with Crippen LogP contribution in [0.25, 0.3) is 0 Å². The third-order valence-electron chi connectivity index (χ3n) is 4.14. The van der Waals surface area contributed by atoms with E-state index in [0.717, 1.165) is 32.3 Å². The van der Waals surface area contributed by atoms with E-state index in [1.165, 1.54) is 24.3 Å². The molecule has 2 atom stereocenters. The van der Waals surface area contributed by atoms with E-state index in [0.29, 0.717) is 12.0 Å². The van der Waals surface area contributed by atoms with Crippen molar-refractivity contribution in [1.29, 1.82) is 0 Å². The van der Waals surface area contributed by atoms with Gasteiger partial charge in [0.25, 0.3) is 0 Å². The van der Waals surface area contributed by atoms with E-state index < -0.39 is 0 Å². The SMILES string of the molecule is CCNC1COCC1CN(Cc1cccs1)C1CC1. The molecular formula is C15H24N2OS. The van der Waals surface area contributed by atoms with E-state index in [-0.39, 0.29) is 0 Å². The molecule has 0 spiro atoms. The zero-order valence-electron chi connectivity index (χ0n) is 11.7. The van der Waals surface area contributed by atoms with Gasteiger partial charge in [-0.3, -0.25) is 4.90 Å². The van der Waals surface area contributed by atoms with Crippen LogP contribution in [0.3, 0.4) is 0 Å². The first-order valence-electron chi connectivity index (χ1n) is 7.44. The molecule has 1 aliphatic carbocycles. The van der Waals surface area contributed by atoms with Crippen molar-refractivity contribution >= 4 is 11.3 Å². The van der Waals surface area contributed by atoms with Crippen molar-refractivity contribution in [2.45, 2.75) is 38.4 Å². The Morgan fingerprint density at radius 2 is 2.32 bits per heavy atom. The van der Waals surface area contributed by atoms with Crippen molar-refractivity contribution in [1.82, 2.24) is 10.2 Å². The summed E-state index contributed by atoms with van der Waals surface area (Å²) in [5.41, 5.74) is 0. The molecule has 4 heteroatoms. The Kier molecular flexibility index (Phi) is 4.53. The molecule has 1 aliphatic heterocycles. The molecule has 2 aliphatic rings. The fraction of sp³-hybridized carbons (Fsp3) is 0.733. The van der Waals surface area contributed by atoms with Gasteiger partial charge in [-0.05, 0) is 30.8 Å². The first-order valence-corrected chi connectivity index (χ1v) is 8.32. The monoisotopic (exact) mass is 280 g/mol. The van der Waals surface area contributed by atoms with Gasteiger partial charge < -0.3 is 10.1 Å². The predicted molar refractivity (Wildman–Crippen MR) is 79.5 cm³/mol. The number of hydrogen-bond acceptors (Lipinski definition) is 4. The fourth-order valence-electron chi connectivity index (χ4n) is 2.95. The van der Waals surface area contributed by atoms with Gasteiger partial charge in [-0.2, -0.15) is 0 Å². The second-order valence-electron chi connectivity index (χ2n) is 5.70. The standard InChI is InChI=1S/C15H24N2OS/c1-2-16-15-11-18-10-12(15)8-17(13-5-6-13)9-14-4-3-7-19-14/h3-4,7,12-13,15-16H,2,5-6,8-11H2,1H3. The normalized spacial score (nSPS) is 27.3. The first kappa shape index (κ1) is 13.6. The van der Waals surface area contributed by atoms with E-state index in [9.17, 15) is 0 Å². The summed E-state index contributed by atoms with van der Waals surface area (Å²) in [6, 6.07) is 5.79. The number of rotatable bonds is 7. The largest absolute Gasteiger partial charge is 0.379 e. The summed E-state index contributed by atoms with van der Waals surface area (Å²) in [4.78, 5) is 4.17. The van der Waals surface area contributed by atoms with Gasteiger partial charge in [0.05, 0.1) is 13.2 Å². The summed E-state index contributed by atoms with van der Waals surface area (Å²) < 4.78 is 5.67. The van der Waals surface area contributed by atoms with Crippen molar-refractivity contribution in [2.75, 3.05) is 26.3 Å². The highest BCUT2D eigenvalue weighted by molar-refractivity contribution is 7.09. The average molecular weight is 280 g/mol. The Balaban J connectivity index is 1.58. The molecule has 19 heavy (non-hydrogen) atoms. The molecule has 0 amide bonds. The quantitative estimate of drug-likeness (QED) is 0.829. The van der Waals surface area contributed by atoms with Crippen LogP contribution in [0, 0.1) is 5.92 Å². The molecule has 1 N–H and O–H groups in total. The van der Waals surface area contributed by atoms with Crippen molar-refractivity contribution in [3.05, 3.63) is 22.4 Å². The zero-order chi connectivity index (χ0) is 13.1. The molecule has 1 saturated heterocycles. The average Bonchev–Trinajstić information content (AvgIpc) is 2.96. The van der Waals surface area contributed by atoms with Gasteiger partial charge >= 0.3 is 0 Å². The zero-order valence-corrected chi connectivity index (χ0v) is 12.5. The molecule has 0 bridgehead atoms. The summed E-state index contributed by atoms with van der Waals surface area (Å²) in [6.07, 6.45) is 2.76. The summed E-state index contributed by atoms with van der Waals surface area (Å²) in [5.74, 6) is 0.653. The summed E-state index contributed by atoms with van der Waals surface area (Å²) in [7, 11) is 0. The van der Waals surface area contributed by atoms with Gasteiger partial charge in [0.2, 0.25) is 0 Å². The molecule has 1 aromatic rings. The molecule has 0 aromatic carbocycles. The predicted octanol–water partition coefficient (Wildman–Crippen LogP) is 2.34. The topological polar surface area (TPSA) is 24.5 Å². The van der Waals surface area contributed by atoms with Crippen LogP contribution >= 0.6 is 11.3 Å². The smallest absolute Gasteiger partial charge is 0.0623 e. The molecule has 3 nitrogen and oxygen atoms in total. The summed E-state index contributed by atoms with van der Waals surface area (Å²) >= 11 is 1.88. The maximum absolute atomic E-state index is 5.67. The highest BCUT2D eigenvalue weighted by Gasteiger charge is 2.35. The molecule has 106 valence electrons. The Bertz CT molecular complexity index is 378.